The van der Waals surface area contributed by atoms with Gasteiger partial charge in [0, 0.05) is 5.92 Å². The van der Waals surface area contributed by atoms with Crippen LogP contribution in [-0.4, -0.2) is 11.7 Å². The maximum Gasteiger partial charge on any atom is 0.0540 e. The molecule has 1 aliphatic carbocycles. The van der Waals surface area contributed by atoms with E-state index in [0.717, 1.165) is 0 Å². The number of hydrogen-bond acceptors (Lipinski definition) is 1. The van der Waals surface area contributed by atoms with Gasteiger partial charge in [-0.25, -0.2) is 0 Å². The third-order valence-electron chi connectivity index (χ3n) is 4.71. The summed E-state index contributed by atoms with van der Waals surface area (Å²) >= 11 is 0. The van der Waals surface area contributed by atoms with Crippen LogP contribution in [0.4, 0.5) is 0 Å². The van der Waals surface area contributed by atoms with Crippen molar-refractivity contribution in [3.8, 4) is 11.1 Å². The molecule has 21 heavy (non-hydrogen) atoms. The van der Waals surface area contributed by atoms with Crippen molar-refractivity contribution in [2.24, 2.45) is 0 Å². The first-order chi connectivity index (χ1) is 10.0. The lowest BCUT2D eigenvalue weighted by Crippen LogP contribution is -2.03. The van der Waals surface area contributed by atoms with Crippen molar-refractivity contribution in [3.63, 3.8) is 0 Å². The van der Waals surface area contributed by atoms with E-state index in [2.05, 4.69) is 64.1 Å². The molecule has 0 spiro atoms. The SMILES string of the molecule is CC(C)c1ccc2c(c1)C(CO)c1cc(C(C)C)ccc1-2. The monoisotopic (exact) mass is 280 g/mol. The van der Waals surface area contributed by atoms with Crippen molar-refractivity contribution in [1.82, 2.24) is 0 Å². The summed E-state index contributed by atoms with van der Waals surface area (Å²) in [5, 5.41) is 9.92. The predicted octanol–water partition coefficient (Wildman–Crippen LogP) is 5.04. The molecular formula is C20H24O. The van der Waals surface area contributed by atoms with Crippen molar-refractivity contribution in [1.29, 1.82) is 0 Å². The number of benzene rings is 2. The van der Waals surface area contributed by atoms with Crippen molar-refractivity contribution >= 4 is 0 Å². The lowest BCUT2D eigenvalue weighted by molar-refractivity contribution is 0.282. The van der Waals surface area contributed by atoms with Gasteiger partial charge in [0.1, 0.15) is 0 Å². The molecule has 0 atom stereocenters. The second-order valence-corrected chi connectivity index (χ2v) is 6.74. The molecule has 1 N–H and O–H groups in total. The Labute approximate surface area is 127 Å². The number of aliphatic hydroxyl groups is 1. The molecule has 110 valence electrons. The Hall–Kier alpha value is -1.60. The lowest BCUT2D eigenvalue weighted by atomic mass is 9.92. The summed E-state index contributed by atoms with van der Waals surface area (Å²) in [5.41, 5.74) is 7.87. The fourth-order valence-corrected chi connectivity index (χ4v) is 3.31. The molecule has 0 aromatic heterocycles. The van der Waals surface area contributed by atoms with E-state index in [1.165, 1.54) is 33.4 Å². The topological polar surface area (TPSA) is 20.2 Å². The molecule has 1 heteroatoms. The van der Waals surface area contributed by atoms with Gasteiger partial charge in [-0.3, -0.25) is 0 Å². The number of fused-ring (bicyclic) bond motifs is 3. The van der Waals surface area contributed by atoms with Gasteiger partial charge in [0.05, 0.1) is 6.61 Å². The highest BCUT2D eigenvalue weighted by Gasteiger charge is 2.29. The summed E-state index contributed by atoms with van der Waals surface area (Å²) in [6.07, 6.45) is 0. The maximum atomic E-state index is 9.92. The molecule has 0 bridgehead atoms. The van der Waals surface area contributed by atoms with E-state index < -0.39 is 0 Å². The fraction of sp³-hybridized carbons (Fsp3) is 0.400. The highest BCUT2D eigenvalue weighted by Crippen LogP contribution is 2.46. The van der Waals surface area contributed by atoms with Crippen molar-refractivity contribution in [2.45, 2.75) is 45.4 Å². The van der Waals surface area contributed by atoms with Crippen LogP contribution in [0, 0.1) is 0 Å². The van der Waals surface area contributed by atoms with Gasteiger partial charge in [-0.1, -0.05) is 64.1 Å². The second-order valence-electron chi connectivity index (χ2n) is 6.74. The molecule has 2 aromatic rings. The standard InChI is InChI=1S/C20H24O/c1-12(2)14-5-7-16-17-8-6-15(13(3)4)10-19(17)20(11-21)18(16)9-14/h5-10,12-13,20-21H,11H2,1-4H3. The number of rotatable bonds is 3. The molecule has 0 radical (unpaired) electrons. The molecule has 1 nitrogen and oxygen atoms in total. The van der Waals surface area contributed by atoms with E-state index in [9.17, 15) is 5.11 Å². The van der Waals surface area contributed by atoms with Crippen molar-refractivity contribution < 1.29 is 5.11 Å². The Bertz CT molecular complexity index is 610. The summed E-state index contributed by atoms with van der Waals surface area (Å²) in [6.45, 7) is 9.05. The largest absolute Gasteiger partial charge is 0.395 e. The van der Waals surface area contributed by atoms with Gasteiger partial charge in [-0.05, 0) is 45.2 Å². The van der Waals surface area contributed by atoms with Crippen LogP contribution in [0.3, 0.4) is 0 Å². The number of aliphatic hydroxyl groups excluding tert-OH is 1. The maximum absolute atomic E-state index is 9.92. The molecule has 3 rings (SSSR count). The first-order valence-corrected chi connectivity index (χ1v) is 7.91. The van der Waals surface area contributed by atoms with Gasteiger partial charge in [0.2, 0.25) is 0 Å². The van der Waals surface area contributed by atoms with Crippen LogP contribution < -0.4 is 0 Å². The molecule has 0 heterocycles. The summed E-state index contributed by atoms with van der Waals surface area (Å²) in [6, 6.07) is 13.5. The van der Waals surface area contributed by atoms with E-state index in [1.54, 1.807) is 0 Å². The van der Waals surface area contributed by atoms with E-state index >= 15 is 0 Å². The molecule has 1 aliphatic rings. The van der Waals surface area contributed by atoms with Gasteiger partial charge in [-0.2, -0.15) is 0 Å². The fourth-order valence-electron chi connectivity index (χ4n) is 3.31. The zero-order valence-electron chi connectivity index (χ0n) is 13.4. The van der Waals surface area contributed by atoms with E-state index in [1.807, 2.05) is 0 Å². The summed E-state index contributed by atoms with van der Waals surface area (Å²) in [4.78, 5) is 0. The summed E-state index contributed by atoms with van der Waals surface area (Å²) in [5.74, 6) is 1.17. The molecule has 0 saturated carbocycles. The van der Waals surface area contributed by atoms with Gasteiger partial charge in [-0.15, -0.1) is 0 Å². The predicted molar refractivity (Wildman–Crippen MR) is 89.0 cm³/mol. The van der Waals surface area contributed by atoms with Gasteiger partial charge in [0.15, 0.2) is 0 Å². The lowest BCUT2D eigenvalue weighted by Gasteiger charge is -2.14. The van der Waals surface area contributed by atoms with Crippen LogP contribution in [0.2, 0.25) is 0 Å². The smallest absolute Gasteiger partial charge is 0.0540 e. The minimum atomic E-state index is 0.132. The molecule has 0 aliphatic heterocycles. The highest BCUT2D eigenvalue weighted by molar-refractivity contribution is 5.79. The second kappa shape index (κ2) is 5.31. The summed E-state index contributed by atoms with van der Waals surface area (Å²) in [7, 11) is 0. The van der Waals surface area contributed by atoms with Crippen LogP contribution in [0.15, 0.2) is 36.4 Å². The minimum absolute atomic E-state index is 0.132. The first kappa shape index (κ1) is 14.3. The molecular weight excluding hydrogens is 256 g/mol. The molecule has 0 fully saturated rings. The zero-order valence-corrected chi connectivity index (χ0v) is 13.4. The van der Waals surface area contributed by atoms with Gasteiger partial charge >= 0.3 is 0 Å². The van der Waals surface area contributed by atoms with Gasteiger partial charge < -0.3 is 5.11 Å². The highest BCUT2D eigenvalue weighted by atomic mass is 16.3. The van der Waals surface area contributed by atoms with E-state index in [0.29, 0.717) is 11.8 Å². The van der Waals surface area contributed by atoms with Crippen molar-refractivity contribution in [2.75, 3.05) is 6.61 Å². The first-order valence-electron chi connectivity index (χ1n) is 7.91. The molecule has 2 aromatic carbocycles. The van der Waals surface area contributed by atoms with E-state index in [4.69, 9.17) is 0 Å². The van der Waals surface area contributed by atoms with Crippen LogP contribution >= 0.6 is 0 Å². The van der Waals surface area contributed by atoms with Crippen LogP contribution in [0.5, 0.6) is 0 Å². The zero-order chi connectivity index (χ0) is 15.1. The van der Waals surface area contributed by atoms with Crippen molar-refractivity contribution in [3.05, 3.63) is 58.7 Å². The Balaban J connectivity index is 2.16. The Kier molecular flexibility index (Phi) is 3.62. The Morgan fingerprint density at radius 1 is 0.810 bits per heavy atom. The summed E-state index contributed by atoms with van der Waals surface area (Å²) < 4.78 is 0. The van der Waals surface area contributed by atoms with Gasteiger partial charge in [0.25, 0.3) is 0 Å². The minimum Gasteiger partial charge on any atom is -0.395 e. The Morgan fingerprint density at radius 2 is 1.24 bits per heavy atom. The normalized spacial score (nSPS) is 13.9. The third kappa shape index (κ3) is 2.30. The average Bonchev–Trinajstić information content (AvgIpc) is 2.78. The number of hydrogen-bond donors (Lipinski definition) is 1. The van der Waals surface area contributed by atoms with Crippen LogP contribution in [-0.2, 0) is 0 Å². The molecule has 0 saturated heterocycles. The molecule has 0 unspecified atom stereocenters. The van der Waals surface area contributed by atoms with E-state index in [-0.39, 0.29) is 12.5 Å². The Morgan fingerprint density at radius 3 is 1.57 bits per heavy atom. The average molecular weight is 280 g/mol. The quantitative estimate of drug-likeness (QED) is 0.835. The molecule has 0 amide bonds. The third-order valence-corrected chi connectivity index (χ3v) is 4.71. The van der Waals surface area contributed by atoms with Crippen LogP contribution in [0.1, 0.15) is 67.7 Å². The van der Waals surface area contributed by atoms with Crippen LogP contribution in [0.25, 0.3) is 11.1 Å².